The summed E-state index contributed by atoms with van der Waals surface area (Å²) >= 11 is 0. The molecule has 0 aromatic carbocycles. The van der Waals surface area contributed by atoms with Crippen molar-refractivity contribution in [3.05, 3.63) is 0 Å². The Hall–Kier alpha value is 0.620. The summed E-state index contributed by atoms with van der Waals surface area (Å²) in [5, 5.41) is 6.50. The molecule has 3 heteroatoms. The summed E-state index contributed by atoms with van der Waals surface area (Å²) in [5.41, 5.74) is 0. The zero-order valence-electron chi connectivity index (χ0n) is 3.02. The van der Waals surface area contributed by atoms with Gasteiger partial charge in [-0.1, -0.05) is 0 Å². The van der Waals surface area contributed by atoms with E-state index < -0.39 is 0 Å². The minimum Gasteiger partial charge on any atom is -1.00 e. The summed E-state index contributed by atoms with van der Waals surface area (Å²) < 4.78 is 0. The van der Waals surface area contributed by atoms with Crippen LogP contribution in [0.5, 0.6) is 0 Å². The average Bonchev–Trinajstić information content (AvgIpc) is 1.00. The molecule has 0 saturated heterocycles. The molecule has 0 heterocycles. The molecule has 0 N–H and O–H groups in total. The first kappa shape index (κ1) is 23.1. The van der Waals surface area contributed by atoms with E-state index in [4.69, 9.17) is 5.26 Å². The van der Waals surface area contributed by atoms with Crippen molar-refractivity contribution in [1.82, 2.24) is 0 Å². The summed E-state index contributed by atoms with van der Waals surface area (Å²) in [5.74, 6) is 0. The van der Waals surface area contributed by atoms with E-state index in [-0.39, 0.29) is 37.6 Å². The fourth-order valence-electron chi connectivity index (χ4n) is 0. The van der Waals surface area contributed by atoms with Crippen molar-refractivity contribution in [3.8, 4) is 6.57 Å². The maximum absolute atomic E-state index is 6.50. The number of rotatable bonds is 0. The van der Waals surface area contributed by atoms with Gasteiger partial charge >= 0.3 is 18.9 Å². The summed E-state index contributed by atoms with van der Waals surface area (Å²) in [7, 11) is 0. The molecule has 0 aromatic heterocycles. The van der Waals surface area contributed by atoms with Crippen molar-refractivity contribution in [2.45, 2.75) is 0 Å². The first-order valence-electron chi connectivity index (χ1n) is 0.258. The van der Waals surface area contributed by atoms with E-state index in [0.717, 1.165) is 0 Å². The molecule has 0 unspecified atom stereocenters. The van der Waals surface area contributed by atoms with Gasteiger partial charge in [-0.3, -0.25) is 0 Å². The molecule has 0 aliphatic rings. The molecule has 4 heavy (non-hydrogen) atoms. The van der Waals surface area contributed by atoms with E-state index >= 15 is 0 Å². The van der Waals surface area contributed by atoms with E-state index in [1.54, 1.807) is 0 Å². The summed E-state index contributed by atoms with van der Waals surface area (Å²) in [4.78, 5) is 0. The summed E-state index contributed by atoms with van der Waals surface area (Å²) in [6, 6.07) is 0. The molecule has 1 nitrogen and oxygen atoms in total. The Kier molecular flexibility index (Phi) is 373. The Balaban J connectivity index is -0.00000000167. The summed E-state index contributed by atoms with van der Waals surface area (Å²) in [6.07, 6.45) is 0. The van der Waals surface area contributed by atoms with Crippen LogP contribution in [0.3, 0.4) is 0 Å². The molecule has 0 spiro atoms. The summed E-state index contributed by atoms with van der Waals surface area (Å²) in [6.45, 7) is 3.50. The smallest absolute Gasteiger partial charge is 1.00 e. The maximum atomic E-state index is 6.50. The molecule has 0 aliphatic carbocycles. The van der Waals surface area contributed by atoms with Gasteiger partial charge in [-0.2, -0.15) is 0 Å². The molecule has 0 saturated carbocycles. The van der Waals surface area contributed by atoms with Gasteiger partial charge in [0.1, 0.15) is 0 Å². The normalized spacial score (nSPS) is 0.500. The van der Waals surface area contributed by atoms with Crippen LogP contribution in [0.25, 0.3) is 0 Å². The Morgan fingerprint density at radius 2 is 1.50 bits per heavy atom. The van der Waals surface area contributed by atoms with Gasteiger partial charge in [0.05, 0.1) is 0 Å². The Bertz CT molecular complexity index is 16.4. The van der Waals surface area contributed by atoms with Gasteiger partial charge in [0.2, 0.25) is 0 Å². The standard InChI is InChI=1S/CHN.Al.Li.4H/c1-2;;;;;;/h1H;;;;;;/q;;+1;;;;-1. The van der Waals surface area contributed by atoms with Gasteiger partial charge in [-0.15, -0.1) is 0 Å². The Morgan fingerprint density at radius 3 is 1.50 bits per heavy atom. The van der Waals surface area contributed by atoms with Crippen LogP contribution in [-0.4, -0.2) is 17.4 Å². The van der Waals surface area contributed by atoms with E-state index in [1.165, 1.54) is 0 Å². The number of hydrogen-bond acceptors (Lipinski definition) is 1. The van der Waals surface area contributed by atoms with Crippen LogP contribution >= 0.6 is 0 Å². The predicted octanol–water partition coefficient (Wildman–Crippen LogP) is -3.93. The molecular formula is CH5AlLiN. The van der Waals surface area contributed by atoms with E-state index in [9.17, 15) is 0 Å². The molecule has 18 valence electrons. The van der Waals surface area contributed by atoms with E-state index in [0.29, 0.717) is 0 Å². The first-order chi connectivity index (χ1) is 1.00. The Morgan fingerprint density at radius 1 is 1.50 bits per heavy atom. The molecule has 0 radical (unpaired) electrons. The van der Waals surface area contributed by atoms with Crippen molar-refractivity contribution < 1.29 is 20.3 Å². The van der Waals surface area contributed by atoms with Crippen molar-refractivity contribution in [1.29, 1.82) is 5.26 Å². The second-order valence-corrected chi connectivity index (χ2v) is 0. The van der Waals surface area contributed by atoms with Crippen LogP contribution < -0.4 is 18.9 Å². The third-order valence-electron chi connectivity index (χ3n) is 0. The SMILES string of the molecule is C#N.[AlH3].[H-].[Li+]. The first-order valence-corrected chi connectivity index (χ1v) is 0.258. The van der Waals surface area contributed by atoms with Crippen LogP contribution in [0.4, 0.5) is 0 Å². The Labute approximate surface area is 49.8 Å². The zero-order chi connectivity index (χ0) is 2.00. The van der Waals surface area contributed by atoms with Crippen LogP contribution in [0, 0.1) is 11.8 Å². The fourth-order valence-corrected chi connectivity index (χ4v) is 0. The third-order valence-corrected chi connectivity index (χ3v) is 0. The number of hydrogen-bond donors (Lipinski definition) is 0. The predicted molar refractivity (Wildman–Crippen MR) is 17.7 cm³/mol. The fraction of sp³-hybridized carbons (Fsp3) is 0. The van der Waals surface area contributed by atoms with Crippen LogP contribution in [0.2, 0.25) is 0 Å². The van der Waals surface area contributed by atoms with Gasteiger partial charge in [-0.25, -0.2) is 5.26 Å². The van der Waals surface area contributed by atoms with Gasteiger partial charge in [0.25, 0.3) is 0 Å². The molecule has 0 bridgehead atoms. The maximum Gasteiger partial charge on any atom is 1.00 e. The van der Waals surface area contributed by atoms with Crippen molar-refractivity contribution in [2.75, 3.05) is 0 Å². The molecule has 0 aromatic rings. The van der Waals surface area contributed by atoms with Crippen LogP contribution in [0.15, 0.2) is 0 Å². The monoisotopic (exact) mass is 65.0 g/mol. The van der Waals surface area contributed by atoms with Crippen molar-refractivity contribution >= 4 is 17.4 Å². The average molecular weight is 65.0 g/mol. The minimum absolute atomic E-state index is 0. The number of nitrogens with zero attached hydrogens (tertiary/aromatic N) is 1. The third kappa shape index (κ3) is 17.9. The van der Waals surface area contributed by atoms with Crippen LogP contribution in [0.1, 0.15) is 1.43 Å². The van der Waals surface area contributed by atoms with Gasteiger partial charge in [0.15, 0.2) is 17.4 Å². The molecule has 0 amide bonds. The minimum atomic E-state index is 0. The second-order valence-electron chi connectivity index (χ2n) is 0. The second kappa shape index (κ2) is 64.7. The van der Waals surface area contributed by atoms with Gasteiger partial charge < -0.3 is 1.43 Å². The van der Waals surface area contributed by atoms with Crippen molar-refractivity contribution in [2.24, 2.45) is 0 Å². The van der Waals surface area contributed by atoms with E-state index in [2.05, 4.69) is 6.57 Å². The van der Waals surface area contributed by atoms with Crippen LogP contribution in [-0.2, 0) is 0 Å². The van der Waals surface area contributed by atoms with Gasteiger partial charge in [-0.05, 0) is 0 Å². The van der Waals surface area contributed by atoms with Crippen molar-refractivity contribution in [3.63, 3.8) is 0 Å². The quantitative estimate of drug-likeness (QED) is 0.264. The zero-order valence-corrected chi connectivity index (χ0v) is 2.02. The topological polar surface area (TPSA) is 23.8 Å². The molecule has 0 atom stereocenters. The van der Waals surface area contributed by atoms with E-state index in [1.807, 2.05) is 0 Å². The molecule has 0 fully saturated rings. The molecular weight excluding hydrogens is 59.9 g/mol. The number of nitriles is 1. The molecule has 0 aliphatic heterocycles. The molecule has 0 rings (SSSR count). The largest absolute Gasteiger partial charge is 1.00 e. The van der Waals surface area contributed by atoms with Gasteiger partial charge in [0, 0.05) is 6.57 Å².